The van der Waals surface area contributed by atoms with E-state index in [1.165, 1.54) is 5.56 Å². The van der Waals surface area contributed by atoms with Crippen LogP contribution in [-0.2, 0) is 16.0 Å². The molecule has 8 nitrogen and oxygen atoms in total. The Morgan fingerprint density at radius 3 is 2.37 bits per heavy atom. The van der Waals surface area contributed by atoms with Crippen molar-refractivity contribution in [3.8, 4) is 11.4 Å². The lowest BCUT2D eigenvalue weighted by molar-refractivity contribution is -0.142. The number of carbonyl (C=O) groups excluding carboxylic acids is 2. The molecule has 2 aromatic carbocycles. The summed E-state index contributed by atoms with van der Waals surface area (Å²) in [6, 6.07) is 18.3. The molecule has 0 N–H and O–H groups in total. The van der Waals surface area contributed by atoms with E-state index in [2.05, 4.69) is 40.7 Å². The van der Waals surface area contributed by atoms with Crippen LogP contribution in [0.25, 0.3) is 5.69 Å². The standard InChI is InChI=1S/C32H43N5O3S/c1-4-5-7-15-31(39)36-21-20-35(24-25(36)2)30(38)14-10-11-22-41-32-34-33-29(23-26-12-8-6-9-13-26)37(32)27-16-18-28(40-3)19-17-27/h6,8-9,12-13,16-19,25H,4-5,7,10-11,14-15,20-24H2,1-3H3. The summed E-state index contributed by atoms with van der Waals surface area (Å²) in [5, 5.41) is 9.91. The SMILES string of the molecule is CCCCCC(=O)N1CCN(C(=O)CCCCSc2nnc(Cc3ccccc3)n2-c2ccc(OC)cc2)CC1C. The van der Waals surface area contributed by atoms with Gasteiger partial charge in [0, 0.05) is 56.4 Å². The number of nitrogens with zero attached hydrogens (tertiary/aromatic N) is 5. The maximum atomic E-state index is 12.9. The second-order valence-electron chi connectivity index (χ2n) is 10.6. The maximum Gasteiger partial charge on any atom is 0.222 e. The van der Waals surface area contributed by atoms with Crippen molar-refractivity contribution in [2.75, 3.05) is 32.5 Å². The lowest BCUT2D eigenvalue weighted by atomic mass is 10.1. The van der Waals surface area contributed by atoms with Gasteiger partial charge in [-0.3, -0.25) is 14.2 Å². The first kappa shape index (κ1) is 30.6. The van der Waals surface area contributed by atoms with Crippen LogP contribution in [0.2, 0.25) is 0 Å². The van der Waals surface area contributed by atoms with Gasteiger partial charge in [0.25, 0.3) is 0 Å². The molecule has 1 fully saturated rings. The molecule has 1 aliphatic heterocycles. The van der Waals surface area contributed by atoms with Crippen LogP contribution in [0.15, 0.2) is 59.8 Å². The number of ether oxygens (including phenoxy) is 1. The molecule has 2 heterocycles. The van der Waals surface area contributed by atoms with Crippen molar-refractivity contribution >= 4 is 23.6 Å². The molecule has 0 saturated carbocycles. The van der Waals surface area contributed by atoms with Crippen molar-refractivity contribution < 1.29 is 14.3 Å². The molecule has 4 rings (SSSR count). The number of carbonyl (C=O) groups is 2. The fraction of sp³-hybridized carbons (Fsp3) is 0.500. The van der Waals surface area contributed by atoms with Gasteiger partial charge >= 0.3 is 0 Å². The summed E-state index contributed by atoms with van der Waals surface area (Å²) in [4.78, 5) is 29.4. The minimum absolute atomic E-state index is 0.0757. The molecule has 3 aromatic rings. The average Bonchev–Trinajstić information content (AvgIpc) is 3.39. The summed E-state index contributed by atoms with van der Waals surface area (Å²) in [7, 11) is 1.66. The van der Waals surface area contributed by atoms with Crippen LogP contribution in [0.4, 0.5) is 0 Å². The van der Waals surface area contributed by atoms with Crippen molar-refractivity contribution in [1.29, 1.82) is 0 Å². The molecule has 1 atom stereocenters. The zero-order valence-electron chi connectivity index (χ0n) is 24.6. The van der Waals surface area contributed by atoms with Gasteiger partial charge in [-0.1, -0.05) is 61.9 Å². The number of hydrogen-bond donors (Lipinski definition) is 0. The van der Waals surface area contributed by atoms with E-state index in [0.29, 0.717) is 38.9 Å². The second-order valence-corrected chi connectivity index (χ2v) is 11.7. The van der Waals surface area contributed by atoms with Gasteiger partial charge in [-0.25, -0.2) is 0 Å². The summed E-state index contributed by atoms with van der Waals surface area (Å²) in [6.07, 6.45) is 6.71. The van der Waals surface area contributed by atoms with E-state index in [9.17, 15) is 9.59 Å². The zero-order valence-corrected chi connectivity index (χ0v) is 25.4. The summed E-state index contributed by atoms with van der Waals surface area (Å²) in [5.41, 5.74) is 2.18. The smallest absolute Gasteiger partial charge is 0.222 e. The van der Waals surface area contributed by atoms with Gasteiger partial charge in [-0.15, -0.1) is 10.2 Å². The fourth-order valence-electron chi connectivity index (χ4n) is 5.20. The average molecular weight is 578 g/mol. The van der Waals surface area contributed by atoms with Crippen LogP contribution in [0.1, 0.15) is 70.2 Å². The van der Waals surface area contributed by atoms with E-state index in [4.69, 9.17) is 4.74 Å². The predicted octanol–water partition coefficient (Wildman–Crippen LogP) is 5.77. The summed E-state index contributed by atoms with van der Waals surface area (Å²) in [5.74, 6) is 2.95. The Bertz CT molecular complexity index is 1250. The summed E-state index contributed by atoms with van der Waals surface area (Å²) < 4.78 is 7.46. The molecule has 1 aliphatic rings. The molecule has 0 spiro atoms. The van der Waals surface area contributed by atoms with Gasteiger partial charge in [0.2, 0.25) is 11.8 Å². The Labute approximate surface area is 248 Å². The van der Waals surface area contributed by atoms with Gasteiger partial charge in [0.1, 0.15) is 11.6 Å². The minimum Gasteiger partial charge on any atom is -0.497 e. The first-order valence-corrected chi connectivity index (χ1v) is 15.8. The van der Waals surface area contributed by atoms with Gasteiger partial charge in [-0.2, -0.15) is 0 Å². The van der Waals surface area contributed by atoms with E-state index < -0.39 is 0 Å². The number of amides is 2. The van der Waals surface area contributed by atoms with Crippen molar-refractivity contribution in [3.05, 3.63) is 66.0 Å². The van der Waals surface area contributed by atoms with Crippen molar-refractivity contribution in [1.82, 2.24) is 24.6 Å². The lowest BCUT2D eigenvalue weighted by Gasteiger charge is -2.40. The Hall–Kier alpha value is -3.33. The van der Waals surface area contributed by atoms with E-state index in [-0.39, 0.29) is 17.9 Å². The van der Waals surface area contributed by atoms with Crippen molar-refractivity contribution in [2.45, 2.75) is 76.4 Å². The highest BCUT2D eigenvalue weighted by Crippen LogP contribution is 2.26. The van der Waals surface area contributed by atoms with E-state index >= 15 is 0 Å². The second kappa shape index (κ2) is 15.6. The van der Waals surface area contributed by atoms with E-state index in [1.807, 2.05) is 52.3 Å². The number of benzene rings is 2. The first-order valence-electron chi connectivity index (χ1n) is 14.8. The monoisotopic (exact) mass is 577 g/mol. The molecule has 1 saturated heterocycles. The highest BCUT2D eigenvalue weighted by Gasteiger charge is 2.29. The number of thioether (sulfide) groups is 1. The third kappa shape index (κ3) is 8.58. The highest BCUT2D eigenvalue weighted by atomic mass is 32.2. The molecule has 2 amide bonds. The van der Waals surface area contributed by atoms with Crippen LogP contribution < -0.4 is 4.74 Å². The zero-order chi connectivity index (χ0) is 29.0. The van der Waals surface area contributed by atoms with E-state index in [1.54, 1.807) is 18.9 Å². The first-order chi connectivity index (χ1) is 20.0. The lowest BCUT2D eigenvalue weighted by Crippen LogP contribution is -2.55. The van der Waals surface area contributed by atoms with Gasteiger partial charge in [0.15, 0.2) is 5.16 Å². The Kier molecular flexibility index (Phi) is 11.7. The fourth-order valence-corrected chi connectivity index (χ4v) is 6.17. The van der Waals surface area contributed by atoms with Crippen molar-refractivity contribution in [3.63, 3.8) is 0 Å². The molecule has 0 bridgehead atoms. The quantitative estimate of drug-likeness (QED) is 0.179. The third-order valence-electron chi connectivity index (χ3n) is 7.55. The Morgan fingerprint density at radius 1 is 0.927 bits per heavy atom. The van der Waals surface area contributed by atoms with Crippen molar-refractivity contribution in [2.24, 2.45) is 0 Å². The number of aromatic nitrogens is 3. The molecule has 41 heavy (non-hydrogen) atoms. The summed E-state index contributed by atoms with van der Waals surface area (Å²) in [6.45, 7) is 6.10. The number of hydrogen-bond acceptors (Lipinski definition) is 6. The number of unbranched alkanes of at least 4 members (excludes halogenated alkanes) is 3. The molecule has 1 aromatic heterocycles. The van der Waals surface area contributed by atoms with Crippen LogP contribution in [0.3, 0.4) is 0 Å². The highest BCUT2D eigenvalue weighted by molar-refractivity contribution is 7.99. The van der Waals surface area contributed by atoms with Crippen LogP contribution in [-0.4, -0.2) is 74.9 Å². The molecular weight excluding hydrogens is 534 g/mol. The topological polar surface area (TPSA) is 80.6 Å². The van der Waals surface area contributed by atoms with Crippen LogP contribution in [0.5, 0.6) is 5.75 Å². The predicted molar refractivity (Wildman–Crippen MR) is 164 cm³/mol. The molecular formula is C32H43N5O3S. The molecule has 1 unspecified atom stereocenters. The Morgan fingerprint density at radius 2 is 1.66 bits per heavy atom. The Balaban J connectivity index is 1.27. The van der Waals surface area contributed by atoms with E-state index in [0.717, 1.165) is 60.3 Å². The van der Waals surface area contributed by atoms with Crippen LogP contribution >= 0.6 is 11.8 Å². The molecule has 0 aliphatic carbocycles. The number of piperazine rings is 1. The maximum absolute atomic E-state index is 12.9. The summed E-state index contributed by atoms with van der Waals surface area (Å²) >= 11 is 1.67. The number of rotatable bonds is 14. The molecule has 0 radical (unpaired) electrons. The van der Waals surface area contributed by atoms with Gasteiger partial charge in [0.05, 0.1) is 7.11 Å². The van der Waals surface area contributed by atoms with Gasteiger partial charge < -0.3 is 14.5 Å². The normalized spacial score (nSPS) is 15.2. The van der Waals surface area contributed by atoms with Gasteiger partial charge in [-0.05, 0) is 56.0 Å². The molecule has 9 heteroatoms. The largest absolute Gasteiger partial charge is 0.497 e. The van der Waals surface area contributed by atoms with Crippen LogP contribution in [0, 0.1) is 0 Å². The number of methoxy groups -OCH3 is 1. The molecule has 220 valence electrons. The minimum atomic E-state index is 0.0757. The third-order valence-corrected chi connectivity index (χ3v) is 8.56.